The zero-order chi connectivity index (χ0) is 32.3. The van der Waals surface area contributed by atoms with Gasteiger partial charge in [-0.1, -0.05) is 64.4 Å². The molecule has 2 fully saturated rings. The van der Waals surface area contributed by atoms with Crippen molar-refractivity contribution in [2.24, 2.45) is 29.4 Å². The predicted molar refractivity (Wildman–Crippen MR) is 164 cm³/mol. The van der Waals surface area contributed by atoms with Crippen molar-refractivity contribution < 1.29 is 33.8 Å². The van der Waals surface area contributed by atoms with Gasteiger partial charge in [0.25, 0.3) is 0 Å². The van der Waals surface area contributed by atoms with Gasteiger partial charge in [0, 0.05) is 5.92 Å². The largest absolute Gasteiger partial charge is 0.493 e. The molecule has 0 heterocycles. The number of ketones is 4. The van der Waals surface area contributed by atoms with Gasteiger partial charge in [0.05, 0.1) is 24.1 Å². The Hall–Kier alpha value is -3.69. The van der Waals surface area contributed by atoms with E-state index < -0.39 is 64.4 Å². The number of amides is 1. The highest BCUT2D eigenvalue weighted by Gasteiger charge is 2.69. The zero-order valence-corrected chi connectivity index (χ0v) is 26.3. The number of fused-ring (bicyclic) bond motifs is 3. The summed E-state index contributed by atoms with van der Waals surface area (Å²) in [6, 6.07) is 10.8. The Morgan fingerprint density at radius 1 is 1.05 bits per heavy atom. The number of unbranched alkanes of at least 4 members (excludes halogenated alkanes) is 1. The Balaban J connectivity index is 1.65. The summed E-state index contributed by atoms with van der Waals surface area (Å²) in [6.07, 6.45) is 2.04. The molecule has 0 saturated heterocycles. The summed E-state index contributed by atoms with van der Waals surface area (Å²) in [5.41, 5.74) is 6.66. The Bertz CT molecular complexity index is 1540. The molecule has 6 atom stereocenters. The molecule has 0 aromatic heterocycles. The summed E-state index contributed by atoms with van der Waals surface area (Å²) in [5, 5.41) is 11.9. The second kappa shape index (κ2) is 11.3. The summed E-state index contributed by atoms with van der Waals surface area (Å²) in [6.45, 7) is 8.83. The smallest absolute Gasteiger partial charge is 0.235 e. The number of hydrogen-bond acceptors (Lipinski definition) is 8. The molecule has 2 aromatic carbocycles. The van der Waals surface area contributed by atoms with Crippen LogP contribution < -0.4 is 10.5 Å². The molecule has 0 radical (unpaired) electrons. The van der Waals surface area contributed by atoms with Gasteiger partial charge in [0.2, 0.25) is 5.91 Å². The highest BCUT2D eigenvalue weighted by molar-refractivity contribution is 6.32. The molecule has 0 spiro atoms. The molecule has 9 heteroatoms. The molecule has 2 aromatic rings. The third-order valence-corrected chi connectivity index (χ3v) is 9.75. The molecule has 3 aliphatic carbocycles. The van der Waals surface area contributed by atoms with Gasteiger partial charge in [0.15, 0.2) is 34.7 Å². The minimum Gasteiger partial charge on any atom is -0.493 e. The lowest BCUT2D eigenvalue weighted by Gasteiger charge is -2.52. The first-order valence-electron chi connectivity index (χ1n) is 15.4. The van der Waals surface area contributed by atoms with Gasteiger partial charge >= 0.3 is 0 Å². The maximum absolute atomic E-state index is 14.4. The SMILES string of the molecule is CCCCOc1ccc(-c2ccc(C(C)(C)C)cc2)c2c1C(=O)C1C(=O)C3(O)C(=O)C(C(N)=O)C(=O)C(N(C)C)C3CC1C2. The Morgan fingerprint density at radius 2 is 1.70 bits per heavy atom. The summed E-state index contributed by atoms with van der Waals surface area (Å²) in [7, 11) is 3.18. The van der Waals surface area contributed by atoms with Crippen LogP contribution in [0.15, 0.2) is 36.4 Å². The highest BCUT2D eigenvalue weighted by atomic mass is 16.5. The lowest BCUT2D eigenvalue weighted by Crippen LogP contribution is -2.74. The standard InChI is InChI=1S/C35H42N2O7/c1-7-8-15-44-24-14-13-21(18-9-11-20(12-10-18)34(2,3)4)22-16-19-17-23-28(37(5)6)30(39)27(33(36)42)32(41)35(23,43)31(40)25(19)29(38)26(22)24/h9-14,19,23,25,27-28,43H,7-8,15-17H2,1-6H3,(H2,36,42). The predicted octanol–water partition coefficient (Wildman–Crippen LogP) is 3.30. The van der Waals surface area contributed by atoms with E-state index in [9.17, 15) is 29.1 Å². The van der Waals surface area contributed by atoms with Crippen molar-refractivity contribution in [2.75, 3.05) is 20.7 Å². The molecule has 0 bridgehead atoms. The van der Waals surface area contributed by atoms with Crippen LogP contribution in [0.2, 0.25) is 0 Å². The van der Waals surface area contributed by atoms with E-state index in [0.717, 1.165) is 29.5 Å². The number of carbonyl (C=O) groups is 5. The second-order valence-electron chi connectivity index (χ2n) is 13.8. The van der Waals surface area contributed by atoms with Gasteiger partial charge in [-0.05, 0) is 73.0 Å². The van der Waals surface area contributed by atoms with E-state index in [1.54, 1.807) is 20.2 Å². The summed E-state index contributed by atoms with van der Waals surface area (Å²) in [4.78, 5) is 69.4. The molecule has 1 amide bonds. The van der Waals surface area contributed by atoms with Crippen molar-refractivity contribution in [2.45, 2.75) is 70.4 Å². The first-order valence-corrected chi connectivity index (χ1v) is 15.4. The first-order chi connectivity index (χ1) is 20.6. The van der Waals surface area contributed by atoms with E-state index >= 15 is 0 Å². The quantitative estimate of drug-likeness (QED) is 0.363. The average molecular weight is 603 g/mol. The fourth-order valence-corrected chi connectivity index (χ4v) is 7.46. The number of ether oxygens (including phenoxy) is 1. The van der Waals surface area contributed by atoms with E-state index in [0.29, 0.717) is 18.8 Å². The van der Waals surface area contributed by atoms with Crippen molar-refractivity contribution in [3.8, 4) is 16.9 Å². The highest BCUT2D eigenvalue weighted by Crippen LogP contribution is 2.52. The minimum absolute atomic E-state index is 0.0390. The van der Waals surface area contributed by atoms with Crippen LogP contribution in [-0.2, 0) is 31.0 Å². The van der Waals surface area contributed by atoms with Crippen LogP contribution in [-0.4, -0.2) is 71.4 Å². The lowest BCUT2D eigenvalue weighted by atomic mass is 9.52. The van der Waals surface area contributed by atoms with Gasteiger partial charge in [-0.3, -0.25) is 28.9 Å². The molecule has 6 unspecified atom stereocenters. The third kappa shape index (κ3) is 4.90. The number of nitrogens with zero attached hydrogens (tertiary/aromatic N) is 1. The van der Waals surface area contributed by atoms with E-state index in [4.69, 9.17) is 10.5 Å². The number of carbonyl (C=O) groups excluding carboxylic acids is 5. The monoisotopic (exact) mass is 602 g/mol. The topological polar surface area (TPSA) is 144 Å². The summed E-state index contributed by atoms with van der Waals surface area (Å²) >= 11 is 0. The Labute approximate surface area is 258 Å². The van der Waals surface area contributed by atoms with Crippen molar-refractivity contribution in [1.29, 1.82) is 0 Å². The van der Waals surface area contributed by atoms with E-state index in [1.165, 1.54) is 10.5 Å². The number of hydrogen-bond donors (Lipinski definition) is 2. The van der Waals surface area contributed by atoms with Crippen molar-refractivity contribution >= 4 is 29.0 Å². The molecule has 234 valence electrons. The molecule has 2 saturated carbocycles. The summed E-state index contributed by atoms with van der Waals surface area (Å²) in [5.74, 6) is -9.31. The van der Waals surface area contributed by atoms with Crippen LogP contribution in [0.5, 0.6) is 5.75 Å². The molecule has 5 rings (SSSR count). The molecular formula is C35H42N2O7. The number of likely N-dealkylation sites (N-methyl/N-ethyl adjacent to an activating group) is 1. The van der Waals surface area contributed by atoms with E-state index in [2.05, 4.69) is 32.9 Å². The fraction of sp³-hybridized carbons (Fsp3) is 0.514. The number of Topliss-reactive ketones (excluding diaryl/α,β-unsaturated/α-hetero) is 4. The Kier molecular flexibility index (Phi) is 8.18. The molecule has 0 aliphatic heterocycles. The van der Waals surface area contributed by atoms with Crippen molar-refractivity contribution in [3.63, 3.8) is 0 Å². The average Bonchev–Trinajstić information content (AvgIpc) is 2.94. The number of rotatable bonds is 7. The first kappa shape index (κ1) is 31.7. The maximum atomic E-state index is 14.4. The van der Waals surface area contributed by atoms with Gasteiger partial charge in [-0.2, -0.15) is 0 Å². The van der Waals surface area contributed by atoms with Crippen LogP contribution in [0.25, 0.3) is 11.1 Å². The third-order valence-electron chi connectivity index (χ3n) is 9.75. The van der Waals surface area contributed by atoms with Crippen LogP contribution in [0.3, 0.4) is 0 Å². The maximum Gasteiger partial charge on any atom is 0.235 e. The number of benzene rings is 2. The zero-order valence-electron chi connectivity index (χ0n) is 26.3. The Morgan fingerprint density at radius 3 is 2.27 bits per heavy atom. The summed E-state index contributed by atoms with van der Waals surface area (Å²) < 4.78 is 6.07. The lowest BCUT2D eigenvalue weighted by molar-refractivity contribution is -0.181. The molecule has 9 nitrogen and oxygen atoms in total. The molecule has 44 heavy (non-hydrogen) atoms. The van der Waals surface area contributed by atoms with Crippen LogP contribution >= 0.6 is 0 Å². The van der Waals surface area contributed by atoms with E-state index in [1.807, 2.05) is 25.1 Å². The van der Waals surface area contributed by atoms with E-state index in [-0.39, 0.29) is 17.4 Å². The van der Waals surface area contributed by atoms with Crippen molar-refractivity contribution in [3.05, 3.63) is 53.1 Å². The molecule has 3 N–H and O–H groups in total. The second-order valence-corrected chi connectivity index (χ2v) is 13.8. The number of nitrogens with two attached hydrogens (primary N) is 1. The van der Waals surface area contributed by atoms with Gasteiger partial charge < -0.3 is 15.6 Å². The fourth-order valence-electron chi connectivity index (χ4n) is 7.46. The normalized spacial score (nSPS) is 28.4. The molecule has 3 aliphatic rings. The minimum atomic E-state index is -2.69. The van der Waals surface area contributed by atoms with Gasteiger partial charge in [-0.15, -0.1) is 0 Å². The van der Waals surface area contributed by atoms with Crippen LogP contribution in [0.1, 0.15) is 68.4 Å². The van der Waals surface area contributed by atoms with Crippen LogP contribution in [0, 0.1) is 23.7 Å². The molecular weight excluding hydrogens is 560 g/mol. The van der Waals surface area contributed by atoms with Gasteiger partial charge in [0.1, 0.15) is 5.75 Å². The van der Waals surface area contributed by atoms with Gasteiger partial charge in [-0.25, -0.2) is 0 Å². The van der Waals surface area contributed by atoms with Crippen LogP contribution in [0.4, 0.5) is 0 Å². The van der Waals surface area contributed by atoms with Crippen molar-refractivity contribution in [1.82, 2.24) is 4.90 Å². The number of aliphatic hydroxyl groups is 1. The number of primary amides is 1.